The molecule has 1 aliphatic rings. The maximum absolute atomic E-state index is 5.41. The average molecular weight is 172 g/mol. The molecular formula is C8H16N2S. The highest BCUT2D eigenvalue weighted by atomic mass is 32.1. The van der Waals surface area contributed by atoms with Gasteiger partial charge in [-0.15, -0.1) is 0 Å². The molecule has 11 heavy (non-hydrogen) atoms. The molecular weight excluding hydrogens is 156 g/mol. The predicted octanol–water partition coefficient (Wildman–Crippen LogP) is 1.15. The molecule has 0 radical (unpaired) electrons. The first-order chi connectivity index (χ1) is 5.20. The van der Waals surface area contributed by atoms with Crippen LogP contribution < -0.4 is 5.73 Å². The largest absolute Gasteiger partial charge is 0.393 e. The Labute approximate surface area is 73.7 Å². The van der Waals surface area contributed by atoms with Crippen molar-refractivity contribution in [1.29, 1.82) is 0 Å². The van der Waals surface area contributed by atoms with E-state index in [1.165, 1.54) is 19.3 Å². The van der Waals surface area contributed by atoms with Gasteiger partial charge in [0.1, 0.15) is 0 Å². The first kappa shape index (κ1) is 8.94. The number of nitrogens with zero attached hydrogens (tertiary/aromatic N) is 1. The number of nitrogens with two attached hydrogens (primary N) is 1. The van der Waals surface area contributed by atoms with Gasteiger partial charge >= 0.3 is 0 Å². The second-order valence-electron chi connectivity index (χ2n) is 3.28. The van der Waals surface area contributed by atoms with Gasteiger partial charge in [0.2, 0.25) is 0 Å². The number of hydrogen-bond acceptors (Lipinski definition) is 2. The molecule has 0 aliphatic heterocycles. The van der Waals surface area contributed by atoms with Gasteiger partial charge in [0.05, 0.1) is 4.99 Å². The Bertz CT molecular complexity index is 143. The van der Waals surface area contributed by atoms with Gasteiger partial charge in [-0.05, 0) is 19.9 Å². The molecule has 0 aromatic heterocycles. The van der Waals surface area contributed by atoms with Gasteiger partial charge in [-0.1, -0.05) is 18.6 Å². The molecule has 2 nitrogen and oxygen atoms in total. The zero-order chi connectivity index (χ0) is 8.27. The minimum Gasteiger partial charge on any atom is -0.393 e. The lowest BCUT2D eigenvalue weighted by atomic mass is 9.92. The zero-order valence-corrected chi connectivity index (χ0v) is 7.86. The summed E-state index contributed by atoms with van der Waals surface area (Å²) in [5.41, 5.74) is 5.41. The van der Waals surface area contributed by atoms with Crippen molar-refractivity contribution in [3.05, 3.63) is 0 Å². The van der Waals surface area contributed by atoms with E-state index in [1.807, 2.05) is 0 Å². The van der Waals surface area contributed by atoms with Crippen molar-refractivity contribution in [2.45, 2.75) is 31.7 Å². The summed E-state index contributed by atoms with van der Waals surface area (Å²) in [5.74, 6) is 0. The molecule has 0 unspecified atom stereocenters. The van der Waals surface area contributed by atoms with E-state index in [4.69, 9.17) is 18.0 Å². The Morgan fingerprint density at radius 3 is 2.64 bits per heavy atom. The minimum atomic E-state index is 0.635. The predicted molar refractivity (Wildman–Crippen MR) is 51.7 cm³/mol. The van der Waals surface area contributed by atoms with Crippen LogP contribution in [0, 0.1) is 0 Å². The second-order valence-corrected chi connectivity index (χ2v) is 3.81. The van der Waals surface area contributed by atoms with Gasteiger partial charge in [-0.25, -0.2) is 0 Å². The lowest BCUT2D eigenvalue weighted by molar-refractivity contribution is 0.164. The molecule has 0 bridgehead atoms. The van der Waals surface area contributed by atoms with Crippen LogP contribution in [0.3, 0.4) is 0 Å². The summed E-state index contributed by atoms with van der Waals surface area (Å²) in [7, 11) is 2.15. The van der Waals surface area contributed by atoms with E-state index in [0.29, 0.717) is 4.99 Å². The van der Waals surface area contributed by atoms with Gasteiger partial charge in [0, 0.05) is 19.0 Å². The van der Waals surface area contributed by atoms with Crippen LogP contribution in [-0.2, 0) is 0 Å². The van der Waals surface area contributed by atoms with Crippen LogP contribution in [0.1, 0.15) is 25.7 Å². The van der Waals surface area contributed by atoms with Crippen molar-refractivity contribution in [1.82, 2.24) is 4.90 Å². The summed E-state index contributed by atoms with van der Waals surface area (Å²) < 4.78 is 0. The second kappa shape index (κ2) is 4.02. The quantitative estimate of drug-likeness (QED) is 0.645. The first-order valence-corrected chi connectivity index (χ1v) is 4.59. The lowest BCUT2D eigenvalue weighted by Gasteiger charge is -2.34. The van der Waals surface area contributed by atoms with E-state index in [0.717, 1.165) is 19.0 Å². The molecule has 0 heterocycles. The van der Waals surface area contributed by atoms with Crippen LogP contribution in [0.25, 0.3) is 0 Å². The molecule has 0 atom stereocenters. The van der Waals surface area contributed by atoms with E-state index in [-0.39, 0.29) is 0 Å². The van der Waals surface area contributed by atoms with Crippen LogP contribution in [0.4, 0.5) is 0 Å². The molecule has 0 aromatic rings. The van der Waals surface area contributed by atoms with Gasteiger partial charge in [0.15, 0.2) is 0 Å². The molecule has 3 heteroatoms. The van der Waals surface area contributed by atoms with Crippen LogP contribution in [-0.4, -0.2) is 29.5 Å². The van der Waals surface area contributed by atoms with Gasteiger partial charge in [-0.3, -0.25) is 0 Å². The summed E-state index contributed by atoms with van der Waals surface area (Å²) in [6, 6.07) is 0.810. The van der Waals surface area contributed by atoms with Gasteiger partial charge in [-0.2, -0.15) is 0 Å². The molecule has 1 rings (SSSR count). The van der Waals surface area contributed by atoms with Crippen LogP contribution in [0.15, 0.2) is 0 Å². The smallest absolute Gasteiger partial charge is 0.0740 e. The monoisotopic (exact) mass is 172 g/mol. The van der Waals surface area contributed by atoms with Crippen molar-refractivity contribution >= 4 is 17.2 Å². The number of thiocarbonyl (C=S) groups is 1. The van der Waals surface area contributed by atoms with Crippen LogP contribution in [0.5, 0.6) is 0 Å². The topological polar surface area (TPSA) is 29.3 Å². The summed E-state index contributed by atoms with van der Waals surface area (Å²) >= 11 is 4.81. The fourth-order valence-corrected chi connectivity index (χ4v) is 1.39. The highest BCUT2D eigenvalue weighted by molar-refractivity contribution is 7.80. The van der Waals surface area contributed by atoms with Crippen molar-refractivity contribution in [3.8, 4) is 0 Å². The molecule has 0 amide bonds. The number of rotatable bonds is 4. The Kier molecular flexibility index (Phi) is 3.27. The summed E-state index contributed by atoms with van der Waals surface area (Å²) in [4.78, 5) is 3.00. The van der Waals surface area contributed by atoms with Crippen molar-refractivity contribution in [2.75, 3.05) is 13.6 Å². The van der Waals surface area contributed by atoms with Crippen molar-refractivity contribution < 1.29 is 0 Å². The molecule has 0 aromatic carbocycles. The van der Waals surface area contributed by atoms with E-state index in [9.17, 15) is 0 Å². The maximum Gasteiger partial charge on any atom is 0.0740 e. The van der Waals surface area contributed by atoms with E-state index < -0.39 is 0 Å². The number of hydrogen-bond donors (Lipinski definition) is 1. The standard InChI is InChI=1S/C8H16N2S/c1-10(6-5-8(9)11)7-3-2-4-7/h7H,2-6H2,1H3,(H2,9,11). The first-order valence-electron chi connectivity index (χ1n) is 4.18. The average Bonchev–Trinajstić information content (AvgIpc) is 1.79. The Morgan fingerprint density at radius 1 is 1.64 bits per heavy atom. The molecule has 64 valence electrons. The van der Waals surface area contributed by atoms with Crippen molar-refractivity contribution in [2.24, 2.45) is 5.73 Å². The molecule has 2 N–H and O–H groups in total. The van der Waals surface area contributed by atoms with Gasteiger partial charge in [0.25, 0.3) is 0 Å². The summed E-state index contributed by atoms with van der Waals surface area (Å²) in [6.45, 7) is 1.03. The molecule has 0 saturated heterocycles. The Morgan fingerprint density at radius 2 is 2.27 bits per heavy atom. The third kappa shape index (κ3) is 2.75. The maximum atomic E-state index is 5.41. The fraction of sp³-hybridized carbons (Fsp3) is 0.875. The molecule has 1 aliphatic carbocycles. The lowest BCUT2D eigenvalue weighted by Crippen LogP contribution is -2.38. The summed E-state index contributed by atoms with van der Waals surface area (Å²) in [5, 5.41) is 0. The fourth-order valence-electron chi connectivity index (χ4n) is 1.30. The van der Waals surface area contributed by atoms with E-state index in [2.05, 4.69) is 11.9 Å². The van der Waals surface area contributed by atoms with Crippen LogP contribution in [0.2, 0.25) is 0 Å². The zero-order valence-electron chi connectivity index (χ0n) is 7.05. The van der Waals surface area contributed by atoms with E-state index >= 15 is 0 Å². The molecule has 1 saturated carbocycles. The van der Waals surface area contributed by atoms with Crippen molar-refractivity contribution in [3.63, 3.8) is 0 Å². The molecule has 0 spiro atoms. The SMILES string of the molecule is CN(CCC(N)=S)C1CCC1. The Balaban J connectivity index is 2.09. The summed E-state index contributed by atoms with van der Waals surface area (Å²) in [6.07, 6.45) is 4.96. The highest BCUT2D eigenvalue weighted by Crippen LogP contribution is 2.23. The third-order valence-corrected chi connectivity index (χ3v) is 2.61. The van der Waals surface area contributed by atoms with E-state index in [1.54, 1.807) is 0 Å². The Hall–Kier alpha value is -0.150. The third-order valence-electron chi connectivity index (χ3n) is 2.41. The van der Waals surface area contributed by atoms with Crippen LogP contribution >= 0.6 is 12.2 Å². The minimum absolute atomic E-state index is 0.635. The molecule has 1 fully saturated rings. The highest BCUT2D eigenvalue weighted by Gasteiger charge is 2.21. The normalized spacial score (nSPS) is 18.4. The van der Waals surface area contributed by atoms with Gasteiger partial charge < -0.3 is 10.6 Å².